The summed E-state index contributed by atoms with van der Waals surface area (Å²) in [5.74, 6) is 7.15. The van der Waals surface area contributed by atoms with E-state index in [9.17, 15) is 9.90 Å². The molecule has 0 saturated heterocycles. The van der Waals surface area contributed by atoms with Gasteiger partial charge in [-0.15, -0.1) is 4.59 Å². The summed E-state index contributed by atoms with van der Waals surface area (Å²) in [5, 5.41) is 11.6. The van der Waals surface area contributed by atoms with Crippen LogP contribution < -0.4 is 10.9 Å². The number of fused-ring (bicyclic) bond motifs is 1. The molecule has 0 aromatic heterocycles. The van der Waals surface area contributed by atoms with Gasteiger partial charge in [-0.2, -0.15) is 10.8 Å². The Hall–Kier alpha value is -2.04. The van der Waals surface area contributed by atoms with Crippen molar-refractivity contribution < 1.29 is 14.5 Å². The maximum atomic E-state index is 11.6. The average molecular weight is 505 g/mol. The van der Waals surface area contributed by atoms with Crippen LogP contribution in [0.2, 0.25) is 0 Å². The van der Waals surface area contributed by atoms with Crippen molar-refractivity contribution in [3.63, 3.8) is 0 Å². The van der Waals surface area contributed by atoms with Gasteiger partial charge in [0.1, 0.15) is 18.0 Å². The van der Waals surface area contributed by atoms with Gasteiger partial charge in [0.25, 0.3) is 3.84 Å². The van der Waals surface area contributed by atoms with E-state index in [2.05, 4.69) is 27.6 Å². The Kier molecular flexibility index (Phi) is 5.84. The second kappa shape index (κ2) is 8.37. The van der Waals surface area contributed by atoms with E-state index in [1.54, 1.807) is 6.20 Å². The largest absolute Gasteiger partial charge is 0.530 e. The maximum Gasteiger partial charge on any atom is 0.293 e. The molecule has 4 rings (SSSR count). The molecule has 2 heterocycles. The van der Waals surface area contributed by atoms with Crippen molar-refractivity contribution in [2.45, 2.75) is 32.2 Å². The molecule has 7 nitrogen and oxygen atoms in total. The van der Waals surface area contributed by atoms with Crippen LogP contribution in [0, 0.1) is 11.8 Å². The first-order chi connectivity index (χ1) is 14.0. The minimum absolute atomic E-state index is 0.106. The van der Waals surface area contributed by atoms with Gasteiger partial charge in [-0.05, 0) is 37.2 Å². The van der Waals surface area contributed by atoms with Gasteiger partial charge >= 0.3 is 0 Å². The molecule has 29 heavy (non-hydrogen) atoms. The minimum Gasteiger partial charge on any atom is -0.530 e. The summed E-state index contributed by atoms with van der Waals surface area (Å²) in [6.45, 7) is 0.884. The lowest BCUT2D eigenvalue weighted by atomic mass is 9.80. The number of halogens is 1. The predicted molar refractivity (Wildman–Crippen MR) is 118 cm³/mol. The van der Waals surface area contributed by atoms with Crippen LogP contribution in [0.25, 0.3) is 0 Å². The van der Waals surface area contributed by atoms with Crippen LogP contribution in [0.15, 0.2) is 64.1 Å². The number of benzene rings is 1. The van der Waals surface area contributed by atoms with E-state index < -0.39 is 6.09 Å². The predicted octanol–water partition coefficient (Wildman–Crippen LogP) is 2.90. The van der Waals surface area contributed by atoms with Crippen LogP contribution in [0.4, 0.5) is 4.79 Å². The molecule has 2 N–H and O–H groups in total. The van der Waals surface area contributed by atoms with E-state index >= 15 is 0 Å². The third-order valence-corrected chi connectivity index (χ3v) is 6.99. The Morgan fingerprint density at radius 1 is 1.24 bits per heavy atom. The van der Waals surface area contributed by atoms with E-state index in [0.717, 1.165) is 46.5 Å². The zero-order chi connectivity index (χ0) is 20.4. The molecule has 8 heteroatoms. The first-order valence-corrected chi connectivity index (χ1v) is 10.9. The number of quaternary nitrogens is 1. The Morgan fingerprint density at radius 3 is 2.66 bits per heavy atom. The van der Waals surface area contributed by atoms with E-state index in [4.69, 9.17) is 10.8 Å². The molecule has 1 unspecified atom stereocenters. The number of aliphatic imine (C=N–C) groups is 2. The molecule has 3 aliphatic rings. The zero-order valence-electron chi connectivity index (χ0n) is 16.1. The third-order valence-electron chi connectivity index (χ3n) is 5.95. The SMILES string of the molecule is N[N+]12C=CN=CC1=C(C1CCC(CN(Cc3ccccc3)C(=O)[O-])CC1)N=C2I. The molecule has 1 amide bonds. The van der Waals surface area contributed by atoms with Gasteiger partial charge in [-0.3, -0.25) is 4.99 Å². The number of amidine groups is 1. The van der Waals surface area contributed by atoms with Gasteiger partial charge in [-0.25, -0.2) is 0 Å². The van der Waals surface area contributed by atoms with E-state index in [1.807, 2.05) is 42.7 Å². The Morgan fingerprint density at radius 2 is 1.97 bits per heavy atom. The first-order valence-electron chi connectivity index (χ1n) is 9.85. The van der Waals surface area contributed by atoms with Gasteiger partial charge in [-0.1, -0.05) is 30.3 Å². The van der Waals surface area contributed by atoms with Gasteiger partial charge in [0.15, 0.2) is 0 Å². The number of nitrogens with zero attached hydrogens (tertiary/aromatic N) is 4. The molecule has 1 aromatic carbocycles. The van der Waals surface area contributed by atoms with Gasteiger partial charge < -0.3 is 14.8 Å². The normalized spacial score (nSPS) is 28.3. The minimum atomic E-state index is -1.11. The summed E-state index contributed by atoms with van der Waals surface area (Å²) in [6, 6.07) is 9.66. The first kappa shape index (κ1) is 20.2. The molecule has 0 radical (unpaired) electrons. The summed E-state index contributed by atoms with van der Waals surface area (Å²) < 4.78 is 0.928. The van der Waals surface area contributed by atoms with Gasteiger partial charge in [0, 0.05) is 19.0 Å². The molecule has 1 saturated carbocycles. The van der Waals surface area contributed by atoms with E-state index in [-0.39, 0.29) is 4.59 Å². The Balaban J connectivity index is 1.39. The number of hydrogen-bond donors (Lipinski definition) is 1. The monoisotopic (exact) mass is 505 g/mol. The molecular formula is C21H24IN5O2. The van der Waals surface area contributed by atoms with Crippen molar-refractivity contribution in [2.24, 2.45) is 27.7 Å². The van der Waals surface area contributed by atoms with Crippen LogP contribution in [0.3, 0.4) is 0 Å². The smallest absolute Gasteiger partial charge is 0.293 e. The molecule has 1 aliphatic carbocycles. The molecule has 0 bridgehead atoms. The van der Waals surface area contributed by atoms with Crippen molar-refractivity contribution in [1.29, 1.82) is 0 Å². The fourth-order valence-electron chi connectivity index (χ4n) is 4.33. The van der Waals surface area contributed by atoms with Crippen LogP contribution in [-0.2, 0) is 6.54 Å². The van der Waals surface area contributed by atoms with E-state index in [1.165, 1.54) is 4.90 Å². The highest BCUT2D eigenvalue weighted by Crippen LogP contribution is 2.41. The highest BCUT2D eigenvalue weighted by atomic mass is 127. The molecular weight excluding hydrogens is 481 g/mol. The van der Waals surface area contributed by atoms with Crippen molar-refractivity contribution in [2.75, 3.05) is 6.54 Å². The Labute approximate surface area is 184 Å². The van der Waals surface area contributed by atoms with Gasteiger partial charge in [0.05, 0.1) is 35.0 Å². The van der Waals surface area contributed by atoms with Crippen LogP contribution >= 0.6 is 22.6 Å². The summed E-state index contributed by atoms with van der Waals surface area (Å²) >= 11 is 2.20. The molecule has 1 aromatic rings. The Bertz CT molecular complexity index is 903. The average Bonchev–Trinajstić information content (AvgIpc) is 3.00. The van der Waals surface area contributed by atoms with Crippen molar-refractivity contribution in [3.05, 3.63) is 59.7 Å². The standard InChI is InChI=1S/C21H24IN5O2/c22-20-25-19(18-12-24-10-11-27(18,20)23)17-8-6-16(7-9-17)14-26(21(28)29)13-15-4-2-1-3-5-15/h1-5,10-12,16-17H,6-9,13-14,23H2. The van der Waals surface area contributed by atoms with Crippen LogP contribution in [-0.4, -0.2) is 32.2 Å². The highest BCUT2D eigenvalue weighted by Gasteiger charge is 2.44. The third kappa shape index (κ3) is 4.15. The lowest BCUT2D eigenvalue weighted by Crippen LogP contribution is -2.50. The molecule has 2 aliphatic heterocycles. The number of amides is 1. The highest BCUT2D eigenvalue weighted by molar-refractivity contribution is 14.1. The molecule has 0 spiro atoms. The van der Waals surface area contributed by atoms with Crippen LogP contribution in [0.1, 0.15) is 31.2 Å². The lowest BCUT2D eigenvalue weighted by Gasteiger charge is -2.34. The number of nitrogens with two attached hydrogens (primary N) is 1. The fourth-order valence-corrected chi connectivity index (χ4v) is 5.01. The van der Waals surface area contributed by atoms with Gasteiger partial charge in [0.2, 0.25) is 5.70 Å². The number of hydrogen-bond acceptors (Lipinski definition) is 5. The number of carboxylic acid groups (broad SMARTS) is 1. The second-order valence-electron chi connectivity index (χ2n) is 7.85. The van der Waals surface area contributed by atoms with E-state index in [0.29, 0.717) is 24.9 Å². The van der Waals surface area contributed by atoms with Crippen molar-refractivity contribution >= 4 is 38.7 Å². The summed E-state index contributed by atoms with van der Waals surface area (Å²) in [6.07, 6.45) is 8.13. The topological polar surface area (TPSA) is 94.1 Å². The maximum absolute atomic E-state index is 11.6. The number of rotatable bonds is 5. The lowest BCUT2D eigenvalue weighted by molar-refractivity contribution is -0.745. The molecule has 152 valence electrons. The second-order valence-corrected chi connectivity index (χ2v) is 8.82. The summed E-state index contributed by atoms with van der Waals surface area (Å²) in [5.41, 5.74) is 2.96. The quantitative estimate of drug-likeness (QED) is 0.289. The number of carbonyl (C=O) groups excluding carboxylic acids is 1. The van der Waals surface area contributed by atoms with Crippen LogP contribution in [0.5, 0.6) is 0 Å². The zero-order valence-corrected chi connectivity index (χ0v) is 18.2. The van der Waals surface area contributed by atoms with Crippen molar-refractivity contribution in [1.82, 2.24) is 4.90 Å². The number of carbonyl (C=O) groups is 1. The summed E-state index contributed by atoms with van der Waals surface area (Å²) in [4.78, 5) is 22.1. The number of allylic oxidation sites excluding steroid dienone is 2. The summed E-state index contributed by atoms with van der Waals surface area (Å²) in [7, 11) is 0. The molecule has 1 fully saturated rings. The fraction of sp³-hybridized carbons (Fsp3) is 0.381. The molecule has 1 atom stereocenters. The van der Waals surface area contributed by atoms with Crippen molar-refractivity contribution in [3.8, 4) is 0 Å².